The van der Waals surface area contributed by atoms with Crippen LogP contribution in [0.15, 0.2) is 164 Å². The molecule has 3 nitrogen and oxygen atoms in total. The summed E-state index contributed by atoms with van der Waals surface area (Å²) in [6, 6.07) is 56.4. The molecule has 10 aromatic rings. The van der Waals surface area contributed by atoms with Crippen molar-refractivity contribution in [2.24, 2.45) is 0 Å². The van der Waals surface area contributed by atoms with Crippen molar-refractivity contribution in [3.63, 3.8) is 0 Å². The van der Waals surface area contributed by atoms with Gasteiger partial charge in [0.25, 0.3) is 0 Å². The highest BCUT2D eigenvalue weighted by Gasteiger charge is 2.19. The van der Waals surface area contributed by atoms with Gasteiger partial charge in [-0.25, -0.2) is 9.97 Å². The van der Waals surface area contributed by atoms with E-state index in [0.717, 1.165) is 38.8 Å². The quantitative estimate of drug-likeness (QED) is 0.190. The predicted molar refractivity (Wildman–Crippen MR) is 197 cm³/mol. The normalized spacial score (nSPS) is 11.8. The van der Waals surface area contributed by atoms with Gasteiger partial charge in [-0.1, -0.05) is 140 Å². The van der Waals surface area contributed by atoms with Crippen LogP contribution in [0.5, 0.6) is 0 Å². The van der Waals surface area contributed by atoms with Gasteiger partial charge in [0.1, 0.15) is 11.2 Å². The molecule has 10 rings (SSSR count). The first-order chi connectivity index (χ1) is 23.3. The molecule has 0 radical (unpaired) electrons. The largest absolute Gasteiger partial charge is 0.298 e. The Balaban J connectivity index is 1.22. The SMILES string of the molecule is c1ccc2c(-c3c4ccccc4c(-c4ccc(-c5nc6ccccc6c6nc7ccccn7c56)cc4)c4ccccc34)cccc2c1. The Morgan fingerprint density at radius 2 is 0.979 bits per heavy atom. The number of fused-ring (bicyclic) bond motifs is 8. The van der Waals surface area contributed by atoms with E-state index in [4.69, 9.17) is 9.97 Å². The maximum Gasteiger partial charge on any atom is 0.137 e. The van der Waals surface area contributed by atoms with Gasteiger partial charge in [-0.2, -0.15) is 0 Å². The van der Waals surface area contributed by atoms with Gasteiger partial charge in [0.2, 0.25) is 0 Å². The van der Waals surface area contributed by atoms with E-state index in [0.29, 0.717) is 0 Å². The van der Waals surface area contributed by atoms with E-state index in [1.807, 2.05) is 18.2 Å². The summed E-state index contributed by atoms with van der Waals surface area (Å²) in [5.74, 6) is 0. The minimum Gasteiger partial charge on any atom is -0.298 e. The number of rotatable bonds is 3. The lowest BCUT2D eigenvalue weighted by molar-refractivity contribution is 1.22. The third kappa shape index (κ3) is 3.87. The Morgan fingerprint density at radius 1 is 0.404 bits per heavy atom. The van der Waals surface area contributed by atoms with Gasteiger partial charge in [0, 0.05) is 17.1 Å². The molecule has 3 heterocycles. The van der Waals surface area contributed by atoms with Gasteiger partial charge in [0.15, 0.2) is 0 Å². The van der Waals surface area contributed by atoms with E-state index in [1.54, 1.807) is 0 Å². The molecule has 47 heavy (non-hydrogen) atoms. The van der Waals surface area contributed by atoms with Crippen molar-refractivity contribution in [3.8, 4) is 33.5 Å². The molecule has 0 N–H and O–H groups in total. The Labute approximate surface area is 271 Å². The van der Waals surface area contributed by atoms with Crippen molar-refractivity contribution >= 4 is 59.9 Å². The molecule has 0 aliphatic heterocycles. The molecule has 0 spiro atoms. The molecule has 7 aromatic carbocycles. The van der Waals surface area contributed by atoms with Crippen molar-refractivity contribution in [3.05, 3.63) is 164 Å². The van der Waals surface area contributed by atoms with Gasteiger partial charge in [-0.3, -0.25) is 4.40 Å². The van der Waals surface area contributed by atoms with Crippen molar-refractivity contribution < 1.29 is 0 Å². The third-order valence-electron chi connectivity index (χ3n) is 9.58. The highest BCUT2D eigenvalue weighted by molar-refractivity contribution is 6.23. The number of imidazole rings is 1. The van der Waals surface area contributed by atoms with E-state index >= 15 is 0 Å². The zero-order valence-corrected chi connectivity index (χ0v) is 25.4. The molecule has 3 heteroatoms. The summed E-state index contributed by atoms with van der Waals surface area (Å²) in [5.41, 5.74) is 10.8. The Bertz CT molecular complexity index is 2780. The van der Waals surface area contributed by atoms with Gasteiger partial charge < -0.3 is 0 Å². The zero-order chi connectivity index (χ0) is 30.9. The standard InChI is InChI=1S/C44H27N3/c1-2-14-31-28(12-1)13-11-20-32(31)41-35-17-5-3-15-33(35)40(34-16-4-6-18-36(34)41)29-23-25-30(26-24-29)42-44-43(37-19-7-8-21-38(37)45-42)46-39-22-9-10-27-47(39)44/h1-27H. The van der Waals surface area contributed by atoms with Crippen LogP contribution in [0.2, 0.25) is 0 Å². The molecule has 218 valence electrons. The van der Waals surface area contributed by atoms with E-state index in [1.165, 1.54) is 54.6 Å². The molecular weight excluding hydrogens is 571 g/mol. The molecule has 3 aromatic heterocycles. The lowest BCUT2D eigenvalue weighted by atomic mass is 9.84. The Hall–Kier alpha value is -6.32. The topological polar surface area (TPSA) is 30.2 Å². The molecule has 0 atom stereocenters. The van der Waals surface area contributed by atoms with Crippen LogP contribution in [0, 0.1) is 0 Å². The van der Waals surface area contributed by atoms with Gasteiger partial charge in [-0.15, -0.1) is 0 Å². The second-order valence-corrected chi connectivity index (χ2v) is 12.2. The van der Waals surface area contributed by atoms with Crippen LogP contribution >= 0.6 is 0 Å². The lowest BCUT2D eigenvalue weighted by Crippen LogP contribution is -1.93. The minimum atomic E-state index is 0.919. The molecule has 0 aliphatic carbocycles. The number of benzene rings is 7. The van der Waals surface area contributed by atoms with Crippen molar-refractivity contribution in [2.75, 3.05) is 0 Å². The number of aromatic nitrogens is 3. The maximum absolute atomic E-state index is 5.21. The summed E-state index contributed by atoms with van der Waals surface area (Å²) in [6.07, 6.45) is 2.08. The van der Waals surface area contributed by atoms with Crippen LogP contribution in [0.25, 0.3) is 93.4 Å². The van der Waals surface area contributed by atoms with Crippen molar-refractivity contribution in [1.82, 2.24) is 14.4 Å². The highest BCUT2D eigenvalue weighted by atomic mass is 15.0. The molecule has 0 aliphatic rings. The minimum absolute atomic E-state index is 0.919. The molecule has 0 unspecified atom stereocenters. The fourth-order valence-corrected chi connectivity index (χ4v) is 7.52. The monoisotopic (exact) mass is 597 g/mol. The van der Waals surface area contributed by atoms with Crippen LogP contribution in [-0.2, 0) is 0 Å². The first kappa shape index (κ1) is 26.0. The Morgan fingerprint density at radius 3 is 1.72 bits per heavy atom. The average Bonchev–Trinajstić information content (AvgIpc) is 3.54. The summed E-state index contributed by atoms with van der Waals surface area (Å²) >= 11 is 0. The van der Waals surface area contributed by atoms with E-state index in [-0.39, 0.29) is 0 Å². The van der Waals surface area contributed by atoms with Crippen molar-refractivity contribution in [1.29, 1.82) is 0 Å². The summed E-state index contributed by atoms with van der Waals surface area (Å²) in [7, 11) is 0. The summed E-state index contributed by atoms with van der Waals surface area (Å²) in [4.78, 5) is 10.2. The van der Waals surface area contributed by atoms with Crippen LogP contribution in [0.3, 0.4) is 0 Å². The van der Waals surface area contributed by atoms with Gasteiger partial charge in [-0.05, 0) is 72.8 Å². The van der Waals surface area contributed by atoms with E-state index in [2.05, 4.69) is 150 Å². The van der Waals surface area contributed by atoms with Crippen molar-refractivity contribution in [2.45, 2.75) is 0 Å². The summed E-state index contributed by atoms with van der Waals surface area (Å²) < 4.78 is 2.16. The molecular formula is C44H27N3. The Kier molecular flexibility index (Phi) is 5.57. The lowest BCUT2D eigenvalue weighted by Gasteiger charge is -2.19. The number of pyridine rings is 2. The fraction of sp³-hybridized carbons (Fsp3) is 0. The number of hydrogen-bond acceptors (Lipinski definition) is 2. The number of hydrogen-bond donors (Lipinski definition) is 0. The van der Waals surface area contributed by atoms with Crippen LogP contribution in [0.1, 0.15) is 0 Å². The van der Waals surface area contributed by atoms with Crippen LogP contribution < -0.4 is 0 Å². The smallest absolute Gasteiger partial charge is 0.137 e. The van der Waals surface area contributed by atoms with E-state index in [9.17, 15) is 0 Å². The number of nitrogens with zero attached hydrogens (tertiary/aromatic N) is 3. The predicted octanol–water partition coefficient (Wildman–Crippen LogP) is 11.5. The molecule has 0 saturated heterocycles. The molecule has 0 fully saturated rings. The second kappa shape index (κ2) is 10.1. The fourth-order valence-electron chi connectivity index (χ4n) is 7.52. The molecule has 0 bridgehead atoms. The van der Waals surface area contributed by atoms with Crippen LogP contribution in [0.4, 0.5) is 0 Å². The highest BCUT2D eigenvalue weighted by Crippen LogP contribution is 2.45. The molecule has 0 saturated carbocycles. The maximum atomic E-state index is 5.21. The average molecular weight is 598 g/mol. The molecule has 0 amide bonds. The first-order valence-corrected chi connectivity index (χ1v) is 16.0. The van der Waals surface area contributed by atoms with Crippen LogP contribution in [-0.4, -0.2) is 14.4 Å². The summed E-state index contributed by atoms with van der Waals surface area (Å²) in [5, 5.41) is 8.58. The first-order valence-electron chi connectivity index (χ1n) is 16.0. The number of para-hydroxylation sites is 1. The van der Waals surface area contributed by atoms with Gasteiger partial charge >= 0.3 is 0 Å². The summed E-state index contributed by atoms with van der Waals surface area (Å²) in [6.45, 7) is 0. The zero-order valence-electron chi connectivity index (χ0n) is 25.4. The second-order valence-electron chi connectivity index (χ2n) is 12.2. The third-order valence-corrected chi connectivity index (χ3v) is 9.58. The van der Waals surface area contributed by atoms with Gasteiger partial charge in [0.05, 0.1) is 16.7 Å². The van der Waals surface area contributed by atoms with E-state index < -0.39 is 0 Å².